The lowest BCUT2D eigenvalue weighted by atomic mass is 9.90. The molecule has 0 atom stereocenters. The number of benzene rings is 2. The second-order valence-corrected chi connectivity index (χ2v) is 7.58. The minimum absolute atomic E-state index is 0.000893. The Labute approximate surface area is 211 Å². The van der Waals surface area contributed by atoms with E-state index in [-0.39, 0.29) is 45.6 Å². The first kappa shape index (κ1) is 26.0. The van der Waals surface area contributed by atoms with Gasteiger partial charge in [0.25, 0.3) is 0 Å². The van der Waals surface area contributed by atoms with E-state index in [4.69, 9.17) is 21.3 Å². The van der Waals surface area contributed by atoms with Gasteiger partial charge >= 0.3 is 12.4 Å². The van der Waals surface area contributed by atoms with Crippen LogP contribution in [0.5, 0.6) is 11.5 Å². The summed E-state index contributed by atoms with van der Waals surface area (Å²) >= 11 is 0. The molecule has 0 N–H and O–H groups in total. The van der Waals surface area contributed by atoms with Crippen LogP contribution in [0.1, 0.15) is 11.1 Å². The Kier molecular flexibility index (Phi) is 6.91. The number of fused-ring (bicyclic) bond motifs is 1. The molecule has 0 aromatic heterocycles. The number of hydrogen-bond acceptors (Lipinski definition) is 5. The second-order valence-electron chi connectivity index (χ2n) is 7.58. The molecule has 0 radical (unpaired) electrons. The zero-order valence-corrected chi connectivity index (χ0v) is 18.8. The number of allylic oxidation sites excluding steroid dienone is 6. The van der Waals surface area contributed by atoms with Crippen molar-refractivity contribution in [1.82, 2.24) is 0 Å². The zero-order chi connectivity index (χ0) is 27.5. The van der Waals surface area contributed by atoms with E-state index in [2.05, 4.69) is 15.0 Å². The van der Waals surface area contributed by atoms with Crippen LogP contribution in [-0.4, -0.2) is 11.4 Å². The van der Waals surface area contributed by atoms with Crippen LogP contribution in [0.4, 0.5) is 26.3 Å². The van der Waals surface area contributed by atoms with Gasteiger partial charge in [0.05, 0.1) is 16.2 Å². The SMILES string of the molecule is [C-]#[N+]/N=C1\C=CC2=C(Oc3ccc(C(F)(F)F)cc3)C(=NC#N)C=CC2=C1Oc1ccc(C(F)(F)F)cc1. The van der Waals surface area contributed by atoms with Crippen molar-refractivity contribution in [3.8, 4) is 17.7 Å². The molecule has 2 aliphatic rings. The van der Waals surface area contributed by atoms with E-state index in [9.17, 15) is 26.3 Å². The Bertz CT molecular complexity index is 1410. The number of nitrogens with zero attached hydrogens (tertiary/aromatic N) is 4. The molecule has 12 heteroatoms. The van der Waals surface area contributed by atoms with E-state index in [1.807, 2.05) is 0 Å². The third-order valence-corrected chi connectivity index (χ3v) is 5.19. The topological polar surface area (TPSA) is 71.3 Å². The summed E-state index contributed by atoms with van der Waals surface area (Å²) < 4.78 is 89.2. The van der Waals surface area contributed by atoms with Crippen LogP contribution in [-0.2, 0) is 12.4 Å². The molecule has 0 amide bonds. The van der Waals surface area contributed by atoms with Gasteiger partial charge in [-0.3, -0.25) is 0 Å². The number of halogens is 6. The largest absolute Gasteiger partial charge is 0.454 e. The fourth-order valence-corrected chi connectivity index (χ4v) is 3.48. The lowest BCUT2D eigenvalue weighted by molar-refractivity contribution is -0.138. The van der Waals surface area contributed by atoms with Crippen molar-refractivity contribution in [1.29, 1.82) is 5.26 Å². The van der Waals surface area contributed by atoms with E-state index in [0.29, 0.717) is 0 Å². The molecular formula is C26H12F6N4O2. The third kappa shape index (κ3) is 5.50. The first-order valence-electron chi connectivity index (χ1n) is 10.5. The summed E-state index contributed by atoms with van der Waals surface area (Å²) in [7, 11) is 0. The molecule has 4 rings (SSSR count). The highest BCUT2D eigenvalue weighted by Gasteiger charge is 2.32. The molecule has 0 bridgehead atoms. The maximum atomic E-state index is 12.9. The Hall–Kier alpha value is -5.10. The van der Waals surface area contributed by atoms with E-state index < -0.39 is 23.5 Å². The minimum Gasteiger partial charge on any atom is -0.454 e. The van der Waals surface area contributed by atoms with Gasteiger partial charge in [0.2, 0.25) is 6.19 Å². The molecule has 0 aliphatic heterocycles. The maximum absolute atomic E-state index is 12.9. The van der Waals surface area contributed by atoms with Gasteiger partial charge in [-0.15, -0.1) is 4.95 Å². The Morgan fingerprint density at radius 2 is 1.11 bits per heavy atom. The van der Waals surface area contributed by atoms with Gasteiger partial charge in [-0.1, -0.05) is 0 Å². The summed E-state index contributed by atoms with van der Waals surface area (Å²) in [4.78, 5) is 6.68. The predicted molar refractivity (Wildman–Crippen MR) is 124 cm³/mol. The standard InChI is InChI=1S/C26H12F6N4O2/c1-34-36-22-13-11-19-20(24(22)38-18-8-4-16(5-9-18)26(30,31)32)10-12-21(35-14-33)23(19)37-17-6-2-15(3-7-17)25(27,28)29/h2-13H/b35-21?,36-22+. The molecule has 2 aromatic carbocycles. The van der Waals surface area contributed by atoms with Crippen molar-refractivity contribution in [2.75, 3.05) is 0 Å². The quantitative estimate of drug-likeness (QED) is 0.186. The lowest BCUT2D eigenvalue weighted by Crippen LogP contribution is -2.21. The highest BCUT2D eigenvalue weighted by atomic mass is 19.4. The third-order valence-electron chi connectivity index (χ3n) is 5.19. The lowest BCUT2D eigenvalue weighted by Gasteiger charge is -2.23. The van der Waals surface area contributed by atoms with Crippen molar-refractivity contribution in [2.45, 2.75) is 12.4 Å². The molecule has 0 unspecified atom stereocenters. The average Bonchev–Trinajstić information content (AvgIpc) is 2.86. The summed E-state index contributed by atoms with van der Waals surface area (Å²) in [6.07, 6.45) is -1.75. The van der Waals surface area contributed by atoms with Crippen molar-refractivity contribution < 1.29 is 35.8 Å². The van der Waals surface area contributed by atoms with E-state index in [0.717, 1.165) is 48.5 Å². The van der Waals surface area contributed by atoms with Crippen LogP contribution in [0.25, 0.3) is 4.95 Å². The Morgan fingerprint density at radius 3 is 1.50 bits per heavy atom. The van der Waals surface area contributed by atoms with Gasteiger partial charge in [0.15, 0.2) is 17.2 Å². The molecule has 6 nitrogen and oxygen atoms in total. The van der Waals surface area contributed by atoms with Crippen molar-refractivity contribution in [3.63, 3.8) is 0 Å². The van der Waals surface area contributed by atoms with Gasteiger partial charge < -0.3 is 9.47 Å². The smallest absolute Gasteiger partial charge is 0.416 e. The van der Waals surface area contributed by atoms with Crippen LogP contribution in [0.2, 0.25) is 0 Å². The summed E-state index contributed by atoms with van der Waals surface area (Å²) in [5, 5.41) is 12.8. The average molecular weight is 526 g/mol. The zero-order valence-electron chi connectivity index (χ0n) is 18.8. The van der Waals surface area contributed by atoms with Gasteiger partial charge in [0, 0.05) is 11.1 Å². The van der Waals surface area contributed by atoms with Crippen molar-refractivity contribution in [2.24, 2.45) is 10.1 Å². The number of hydrogen-bond donors (Lipinski definition) is 0. The fourth-order valence-electron chi connectivity index (χ4n) is 3.48. The van der Waals surface area contributed by atoms with Crippen LogP contribution in [0.3, 0.4) is 0 Å². The first-order valence-corrected chi connectivity index (χ1v) is 10.5. The van der Waals surface area contributed by atoms with E-state index >= 15 is 0 Å². The first-order chi connectivity index (χ1) is 18.0. The van der Waals surface area contributed by atoms with Crippen LogP contribution in [0, 0.1) is 18.0 Å². The summed E-state index contributed by atoms with van der Waals surface area (Å²) in [6.45, 7) is 7.08. The summed E-state index contributed by atoms with van der Waals surface area (Å²) in [5.41, 5.74) is -1.10. The van der Waals surface area contributed by atoms with E-state index in [1.54, 1.807) is 6.19 Å². The minimum atomic E-state index is -4.55. The Morgan fingerprint density at radius 1 is 0.684 bits per heavy atom. The second kappa shape index (κ2) is 10.1. The molecule has 38 heavy (non-hydrogen) atoms. The monoisotopic (exact) mass is 526 g/mol. The number of alkyl halides is 6. The van der Waals surface area contributed by atoms with Crippen molar-refractivity contribution >= 4 is 11.4 Å². The summed E-state index contributed by atoms with van der Waals surface area (Å²) in [6, 6.07) is 7.70. The molecule has 0 heterocycles. The summed E-state index contributed by atoms with van der Waals surface area (Å²) in [5.74, 6) is 0.0254. The maximum Gasteiger partial charge on any atom is 0.416 e. The molecule has 0 saturated carbocycles. The number of nitriles is 1. The highest BCUT2D eigenvalue weighted by molar-refractivity contribution is 6.15. The fraction of sp³-hybridized carbons (Fsp3) is 0.0769. The van der Waals surface area contributed by atoms with E-state index in [1.165, 1.54) is 24.3 Å². The predicted octanol–water partition coefficient (Wildman–Crippen LogP) is 7.03. The van der Waals surface area contributed by atoms with Crippen LogP contribution in [0.15, 0.2) is 106 Å². The molecule has 2 aromatic rings. The van der Waals surface area contributed by atoms with Gasteiger partial charge in [0.1, 0.15) is 17.2 Å². The van der Waals surface area contributed by atoms with Gasteiger partial charge in [-0.25, -0.2) is 0 Å². The van der Waals surface area contributed by atoms with Gasteiger partial charge in [-0.2, -0.15) is 43.2 Å². The van der Waals surface area contributed by atoms with Crippen LogP contribution < -0.4 is 9.47 Å². The molecule has 0 fully saturated rings. The van der Waals surface area contributed by atoms with Crippen molar-refractivity contribution in [3.05, 3.63) is 118 Å². The molecule has 2 aliphatic carbocycles. The molecule has 0 saturated heterocycles. The number of ether oxygens (including phenoxy) is 2. The van der Waals surface area contributed by atoms with Gasteiger partial charge in [-0.05, 0) is 72.8 Å². The number of aliphatic imine (C=N–C) groups is 1. The normalized spacial score (nSPS) is 17.4. The Balaban J connectivity index is 1.79. The molecule has 0 spiro atoms. The highest BCUT2D eigenvalue weighted by Crippen LogP contribution is 2.36. The molecular weight excluding hydrogens is 514 g/mol. The number of rotatable bonds is 4. The van der Waals surface area contributed by atoms with Crippen LogP contribution >= 0.6 is 0 Å². The molecule has 190 valence electrons.